The van der Waals surface area contributed by atoms with Gasteiger partial charge in [0.15, 0.2) is 0 Å². The number of anilines is 1. The van der Waals surface area contributed by atoms with Crippen molar-refractivity contribution < 1.29 is 0 Å². The number of thiol groups is 1. The van der Waals surface area contributed by atoms with Crippen molar-refractivity contribution in [2.75, 3.05) is 11.5 Å². The molecule has 50 valence electrons. The molecule has 0 bridgehead atoms. The Morgan fingerprint density at radius 1 is 1.67 bits per heavy atom. The van der Waals surface area contributed by atoms with Gasteiger partial charge in [0.1, 0.15) is 0 Å². The zero-order valence-electron chi connectivity index (χ0n) is 5.00. The van der Waals surface area contributed by atoms with E-state index in [1.807, 2.05) is 11.4 Å². The molecular weight excluding hydrogens is 150 g/mol. The van der Waals surface area contributed by atoms with E-state index >= 15 is 0 Å². The Kier molecular flexibility index (Phi) is 2.42. The number of aryl methyl sites for hydroxylation is 1. The Morgan fingerprint density at radius 2 is 2.44 bits per heavy atom. The van der Waals surface area contributed by atoms with Gasteiger partial charge in [-0.15, -0.1) is 11.3 Å². The lowest BCUT2D eigenvalue weighted by atomic mass is 10.3. The van der Waals surface area contributed by atoms with Crippen LogP contribution >= 0.6 is 24.0 Å². The van der Waals surface area contributed by atoms with Gasteiger partial charge >= 0.3 is 0 Å². The molecule has 0 spiro atoms. The summed E-state index contributed by atoms with van der Waals surface area (Å²) in [5.74, 6) is 0.880. The van der Waals surface area contributed by atoms with E-state index < -0.39 is 0 Å². The van der Waals surface area contributed by atoms with Crippen molar-refractivity contribution in [2.24, 2.45) is 0 Å². The van der Waals surface area contributed by atoms with E-state index in [0.29, 0.717) is 0 Å². The second-order valence-electron chi connectivity index (χ2n) is 1.77. The molecule has 0 aliphatic rings. The van der Waals surface area contributed by atoms with Gasteiger partial charge < -0.3 is 5.73 Å². The SMILES string of the molecule is Nc1ccsc1CCS. The van der Waals surface area contributed by atoms with Crippen LogP contribution < -0.4 is 5.73 Å². The lowest BCUT2D eigenvalue weighted by Gasteiger charge is -1.92. The molecule has 1 nitrogen and oxygen atoms in total. The molecule has 0 aromatic carbocycles. The zero-order valence-corrected chi connectivity index (χ0v) is 6.71. The minimum Gasteiger partial charge on any atom is -0.398 e. The molecule has 0 unspecified atom stereocenters. The molecule has 0 amide bonds. The average molecular weight is 159 g/mol. The van der Waals surface area contributed by atoms with Crippen molar-refractivity contribution in [3.63, 3.8) is 0 Å². The summed E-state index contributed by atoms with van der Waals surface area (Å²) in [4.78, 5) is 1.25. The van der Waals surface area contributed by atoms with Crippen LogP contribution in [0.1, 0.15) is 4.88 Å². The van der Waals surface area contributed by atoms with Gasteiger partial charge in [0.25, 0.3) is 0 Å². The van der Waals surface area contributed by atoms with Gasteiger partial charge in [-0.3, -0.25) is 0 Å². The number of rotatable bonds is 2. The minimum atomic E-state index is 0.880. The number of hydrogen-bond donors (Lipinski definition) is 2. The quantitative estimate of drug-likeness (QED) is 0.632. The zero-order chi connectivity index (χ0) is 6.69. The molecule has 0 atom stereocenters. The molecule has 3 heteroatoms. The first-order chi connectivity index (χ1) is 4.34. The average Bonchev–Trinajstić information content (AvgIpc) is 2.18. The summed E-state index contributed by atoms with van der Waals surface area (Å²) in [5, 5.41) is 2.01. The maximum atomic E-state index is 5.60. The summed E-state index contributed by atoms with van der Waals surface area (Å²) in [6.45, 7) is 0. The van der Waals surface area contributed by atoms with Gasteiger partial charge in [-0.25, -0.2) is 0 Å². The first-order valence-electron chi connectivity index (χ1n) is 2.77. The summed E-state index contributed by atoms with van der Waals surface area (Å²) >= 11 is 5.81. The Balaban J connectivity index is 2.69. The summed E-state index contributed by atoms with van der Waals surface area (Å²) in [6.07, 6.45) is 0.993. The predicted molar refractivity (Wildman–Crippen MR) is 46.3 cm³/mol. The third-order valence-corrected chi connectivity index (χ3v) is 2.34. The first kappa shape index (κ1) is 6.96. The van der Waals surface area contributed by atoms with Crippen LogP contribution in [0.5, 0.6) is 0 Å². The molecule has 1 heterocycles. The molecule has 2 N–H and O–H groups in total. The van der Waals surface area contributed by atoms with E-state index in [1.54, 1.807) is 11.3 Å². The normalized spacial score (nSPS) is 9.89. The fourth-order valence-corrected chi connectivity index (χ4v) is 1.83. The van der Waals surface area contributed by atoms with Crippen LogP contribution in [0.3, 0.4) is 0 Å². The van der Waals surface area contributed by atoms with Gasteiger partial charge in [-0.1, -0.05) is 0 Å². The Hall–Kier alpha value is -0.150. The molecule has 1 rings (SSSR count). The minimum absolute atomic E-state index is 0.880. The van der Waals surface area contributed by atoms with Gasteiger partial charge in [-0.2, -0.15) is 12.6 Å². The third kappa shape index (κ3) is 1.63. The Morgan fingerprint density at radius 3 is 2.89 bits per heavy atom. The monoisotopic (exact) mass is 159 g/mol. The molecule has 0 aliphatic carbocycles. The third-order valence-electron chi connectivity index (χ3n) is 1.12. The molecule has 9 heavy (non-hydrogen) atoms. The molecule has 0 radical (unpaired) electrons. The summed E-state index contributed by atoms with van der Waals surface area (Å²) < 4.78 is 0. The lowest BCUT2D eigenvalue weighted by Crippen LogP contribution is -1.88. The topological polar surface area (TPSA) is 26.0 Å². The fraction of sp³-hybridized carbons (Fsp3) is 0.333. The van der Waals surface area contributed by atoms with Crippen LogP contribution in [0.4, 0.5) is 5.69 Å². The lowest BCUT2D eigenvalue weighted by molar-refractivity contribution is 1.22. The van der Waals surface area contributed by atoms with E-state index in [1.165, 1.54) is 4.88 Å². The van der Waals surface area contributed by atoms with Gasteiger partial charge in [0.2, 0.25) is 0 Å². The van der Waals surface area contributed by atoms with E-state index in [0.717, 1.165) is 17.9 Å². The predicted octanol–water partition coefficient (Wildman–Crippen LogP) is 1.80. The largest absolute Gasteiger partial charge is 0.398 e. The van der Waals surface area contributed by atoms with Crippen LogP contribution in [0.2, 0.25) is 0 Å². The summed E-state index contributed by atoms with van der Waals surface area (Å²) in [5.41, 5.74) is 6.51. The van der Waals surface area contributed by atoms with Crippen molar-refractivity contribution >= 4 is 29.7 Å². The van der Waals surface area contributed by atoms with E-state index in [-0.39, 0.29) is 0 Å². The van der Waals surface area contributed by atoms with Crippen LogP contribution in [-0.2, 0) is 6.42 Å². The van der Waals surface area contributed by atoms with Crippen LogP contribution in [0, 0.1) is 0 Å². The number of hydrogen-bond acceptors (Lipinski definition) is 3. The van der Waals surface area contributed by atoms with E-state index in [2.05, 4.69) is 12.6 Å². The highest BCUT2D eigenvalue weighted by atomic mass is 32.1. The molecule has 0 aliphatic heterocycles. The van der Waals surface area contributed by atoms with Crippen LogP contribution in [0.15, 0.2) is 11.4 Å². The number of nitrogens with two attached hydrogens (primary N) is 1. The molecule has 0 saturated carbocycles. The smallest absolute Gasteiger partial charge is 0.0455 e. The number of nitrogen functional groups attached to an aromatic ring is 1. The van der Waals surface area contributed by atoms with Crippen molar-refractivity contribution in [2.45, 2.75) is 6.42 Å². The standard InChI is InChI=1S/C6H9NS2/c7-5-2-4-9-6(5)1-3-8/h2,4,8H,1,3,7H2. The first-order valence-corrected chi connectivity index (χ1v) is 4.28. The molecular formula is C6H9NS2. The van der Waals surface area contributed by atoms with Gasteiger partial charge in [-0.05, 0) is 23.6 Å². The highest BCUT2D eigenvalue weighted by Gasteiger charge is 1.96. The van der Waals surface area contributed by atoms with Crippen molar-refractivity contribution in [3.8, 4) is 0 Å². The van der Waals surface area contributed by atoms with Gasteiger partial charge in [0.05, 0.1) is 0 Å². The molecule has 0 saturated heterocycles. The van der Waals surface area contributed by atoms with Crippen molar-refractivity contribution in [3.05, 3.63) is 16.3 Å². The Labute approximate surface area is 64.3 Å². The summed E-state index contributed by atoms with van der Waals surface area (Å²) in [6, 6.07) is 1.93. The number of thiophene rings is 1. The van der Waals surface area contributed by atoms with Gasteiger partial charge in [0, 0.05) is 10.6 Å². The molecule has 1 aromatic rings. The highest BCUT2D eigenvalue weighted by Crippen LogP contribution is 2.19. The second kappa shape index (κ2) is 3.13. The van der Waals surface area contributed by atoms with Crippen LogP contribution in [-0.4, -0.2) is 5.75 Å². The van der Waals surface area contributed by atoms with E-state index in [4.69, 9.17) is 5.73 Å². The van der Waals surface area contributed by atoms with E-state index in [9.17, 15) is 0 Å². The highest BCUT2D eigenvalue weighted by molar-refractivity contribution is 7.80. The van der Waals surface area contributed by atoms with Crippen LogP contribution in [0.25, 0.3) is 0 Å². The maximum Gasteiger partial charge on any atom is 0.0455 e. The fourth-order valence-electron chi connectivity index (χ4n) is 0.655. The Bertz CT molecular complexity index is 183. The summed E-state index contributed by atoms with van der Waals surface area (Å²) in [7, 11) is 0. The maximum absolute atomic E-state index is 5.60. The second-order valence-corrected chi connectivity index (χ2v) is 3.22. The molecule has 0 fully saturated rings. The molecule has 1 aromatic heterocycles. The van der Waals surface area contributed by atoms with Crippen molar-refractivity contribution in [1.82, 2.24) is 0 Å². The van der Waals surface area contributed by atoms with Crippen molar-refractivity contribution in [1.29, 1.82) is 0 Å².